The molecule has 0 aliphatic carbocycles. The van der Waals surface area contributed by atoms with Crippen molar-refractivity contribution in [3.8, 4) is 0 Å². The number of nitrogens with zero attached hydrogens (tertiary/aromatic N) is 1. The lowest BCUT2D eigenvalue weighted by Crippen LogP contribution is -2.58. The summed E-state index contributed by atoms with van der Waals surface area (Å²) in [6.07, 6.45) is 6.23. The number of rotatable bonds is 3. The molecule has 2 rings (SSSR count). The zero-order valence-corrected chi connectivity index (χ0v) is 9.87. The largest absolute Gasteiger partial charge is 0.381 e. The maximum atomic E-state index is 6.04. The Bertz CT molecular complexity index is 202. The Hall–Kier alpha value is -0.120. The highest BCUT2D eigenvalue weighted by molar-refractivity contribution is 4.98. The summed E-state index contributed by atoms with van der Waals surface area (Å²) in [5, 5.41) is 0. The van der Waals surface area contributed by atoms with Crippen LogP contribution >= 0.6 is 0 Å². The van der Waals surface area contributed by atoms with Gasteiger partial charge in [0.2, 0.25) is 0 Å². The topological polar surface area (TPSA) is 38.5 Å². The van der Waals surface area contributed by atoms with Gasteiger partial charge in [0.05, 0.1) is 0 Å². The number of hydrogen-bond acceptors (Lipinski definition) is 3. The van der Waals surface area contributed by atoms with Crippen molar-refractivity contribution < 1.29 is 4.74 Å². The second-order valence-corrected chi connectivity index (χ2v) is 4.94. The summed E-state index contributed by atoms with van der Waals surface area (Å²) < 4.78 is 5.47. The van der Waals surface area contributed by atoms with E-state index in [1.807, 2.05) is 0 Å². The van der Waals surface area contributed by atoms with Crippen LogP contribution in [0, 0.1) is 0 Å². The molecule has 0 spiro atoms. The van der Waals surface area contributed by atoms with E-state index in [1.54, 1.807) is 0 Å². The van der Waals surface area contributed by atoms with Gasteiger partial charge in [-0.05, 0) is 38.6 Å². The van der Waals surface area contributed by atoms with Gasteiger partial charge in [0.25, 0.3) is 0 Å². The fraction of sp³-hybridized carbons (Fsp3) is 1.00. The molecule has 3 nitrogen and oxygen atoms in total. The lowest BCUT2D eigenvalue weighted by molar-refractivity contribution is -0.0304. The van der Waals surface area contributed by atoms with Crippen LogP contribution in [0.25, 0.3) is 0 Å². The maximum absolute atomic E-state index is 6.04. The highest BCUT2D eigenvalue weighted by Crippen LogP contribution is 2.34. The second-order valence-electron chi connectivity index (χ2n) is 4.94. The van der Waals surface area contributed by atoms with Gasteiger partial charge in [-0.3, -0.25) is 4.90 Å². The smallest absolute Gasteiger partial charge is 0.0484 e. The molecule has 0 aromatic carbocycles. The average molecular weight is 212 g/mol. The van der Waals surface area contributed by atoms with Crippen molar-refractivity contribution in [1.82, 2.24) is 4.90 Å². The van der Waals surface area contributed by atoms with Crippen LogP contribution in [0.5, 0.6) is 0 Å². The van der Waals surface area contributed by atoms with Crippen LogP contribution in [-0.4, -0.2) is 42.8 Å². The molecule has 0 bridgehead atoms. The van der Waals surface area contributed by atoms with Crippen molar-refractivity contribution in [2.75, 3.05) is 26.3 Å². The van der Waals surface area contributed by atoms with Gasteiger partial charge in [-0.1, -0.05) is 6.92 Å². The zero-order chi connectivity index (χ0) is 10.7. The molecule has 2 aliphatic rings. The molecule has 88 valence electrons. The lowest BCUT2D eigenvalue weighted by Gasteiger charge is -2.46. The van der Waals surface area contributed by atoms with E-state index in [1.165, 1.54) is 25.8 Å². The number of hydrogen-bond donors (Lipinski definition) is 1. The Balaban J connectivity index is 2.09. The fourth-order valence-electron chi connectivity index (χ4n) is 3.24. The quantitative estimate of drug-likeness (QED) is 0.768. The highest BCUT2D eigenvalue weighted by atomic mass is 16.5. The van der Waals surface area contributed by atoms with E-state index in [2.05, 4.69) is 11.8 Å². The van der Waals surface area contributed by atoms with Crippen molar-refractivity contribution in [2.45, 2.75) is 50.6 Å². The first-order valence-electron chi connectivity index (χ1n) is 6.37. The van der Waals surface area contributed by atoms with E-state index in [9.17, 15) is 0 Å². The Morgan fingerprint density at radius 3 is 2.73 bits per heavy atom. The molecule has 2 saturated heterocycles. The molecule has 0 aromatic heterocycles. The van der Waals surface area contributed by atoms with Gasteiger partial charge >= 0.3 is 0 Å². The Morgan fingerprint density at radius 2 is 2.13 bits per heavy atom. The molecule has 0 amide bonds. The fourth-order valence-corrected chi connectivity index (χ4v) is 3.24. The third kappa shape index (κ3) is 2.05. The third-order valence-electron chi connectivity index (χ3n) is 4.26. The van der Waals surface area contributed by atoms with Gasteiger partial charge in [0.15, 0.2) is 0 Å². The Kier molecular flexibility index (Phi) is 3.65. The molecular weight excluding hydrogens is 188 g/mol. The van der Waals surface area contributed by atoms with Crippen molar-refractivity contribution >= 4 is 0 Å². The van der Waals surface area contributed by atoms with Crippen LogP contribution in [-0.2, 0) is 4.74 Å². The molecule has 2 heterocycles. The minimum absolute atomic E-state index is 0.259. The standard InChI is InChI=1S/C12H24N2O/c1-2-11-4-3-7-14(11)12(10-13)5-8-15-9-6-12/h11H,2-10,13H2,1H3. The summed E-state index contributed by atoms with van der Waals surface area (Å²) in [5.74, 6) is 0. The first kappa shape index (κ1) is 11.4. The van der Waals surface area contributed by atoms with E-state index in [4.69, 9.17) is 10.5 Å². The van der Waals surface area contributed by atoms with Gasteiger partial charge in [-0.15, -0.1) is 0 Å². The van der Waals surface area contributed by atoms with Crippen molar-refractivity contribution in [3.63, 3.8) is 0 Å². The molecule has 0 saturated carbocycles. The van der Waals surface area contributed by atoms with Gasteiger partial charge in [-0.2, -0.15) is 0 Å². The van der Waals surface area contributed by atoms with E-state index in [0.717, 1.165) is 38.6 Å². The molecule has 0 aromatic rings. The number of ether oxygens (including phenoxy) is 1. The van der Waals surface area contributed by atoms with E-state index in [0.29, 0.717) is 0 Å². The van der Waals surface area contributed by atoms with Gasteiger partial charge in [0, 0.05) is 31.3 Å². The maximum Gasteiger partial charge on any atom is 0.0484 e. The molecule has 1 atom stereocenters. The average Bonchev–Trinajstić information content (AvgIpc) is 2.78. The number of likely N-dealkylation sites (tertiary alicyclic amines) is 1. The summed E-state index contributed by atoms with van der Waals surface area (Å²) in [5.41, 5.74) is 6.30. The van der Waals surface area contributed by atoms with Crippen molar-refractivity contribution in [1.29, 1.82) is 0 Å². The molecule has 15 heavy (non-hydrogen) atoms. The summed E-state index contributed by atoms with van der Waals surface area (Å²) in [6.45, 7) is 6.13. The van der Waals surface area contributed by atoms with Crippen LogP contribution in [0.15, 0.2) is 0 Å². The monoisotopic (exact) mass is 212 g/mol. The summed E-state index contributed by atoms with van der Waals surface area (Å²) in [6, 6.07) is 0.770. The molecule has 2 aliphatic heterocycles. The molecular formula is C12H24N2O. The van der Waals surface area contributed by atoms with E-state index in [-0.39, 0.29) is 5.54 Å². The lowest BCUT2D eigenvalue weighted by atomic mass is 9.87. The molecule has 1 unspecified atom stereocenters. The Labute approximate surface area is 93.0 Å². The van der Waals surface area contributed by atoms with E-state index < -0.39 is 0 Å². The van der Waals surface area contributed by atoms with Gasteiger partial charge in [-0.25, -0.2) is 0 Å². The van der Waals surface area contributed by atoms with Crippen LogP contribution < -0.4 is 5.73 Å². The minimum atomic E-state index is 0.259. The molecule has 2 N–H and O–H groups in total. The normalized spacial score (nSPS) is 32.0. The number of nitrogens with two attached hydrogens (primary N) is 1. The van der Waals surface area contributed by atoms with Crippen LogP contribution in [0.2, 0.25) is 0 Å². The van der Waals surface area contributed by atoms with Crippen LogP contribution in [0.1, 0.15) is 39.0 Å². The first-order valence-corrected chi connectivity index (χ1v) is 6.37. The van der Waals surface area contributed by atoms with Gasteiger partial charge < -0.3 is 10.5 Å². The minimum Gasteiger partial charge on any atom is -0.381 e. The Morgan fingerprint density at radius 1 is 1.40 bits per heavy atom. The predicted octanol–water partition coefficient (Wildman–Crippen LogP) is 1.37. The van der Waals surface area contributed by atoms with Crippen LogP contribution in [0.3, 0.4) is 0 Å². The summed E-state index contributed by atoms with van der Waals surface area (Å²) in [7, 11) is 0. The SMILES string of the molecule is CCC1CCCN1C1(CN)CCOCC1. The second kappa shape index (κ2) is 4.81. The zero-order valence-electron chi connectivity index (χ0n) is 9.87. The molecule has 0 radical (unpaired) electrons. The van der Waals surface area contributed by atoms with Gasteiger partial charge in [0.1, 0.15) is 0 Å². The molecule has 3 heteroatoms. The van der Waals surface area contributed by atoms with Crippen molar-refractivity contribution in [2.24, 2.45) is 5.73 Å². The predicted molar refractivity (Wildman–Crippen MR) is 61.9 cm³/mol. The van der Waals surface area contributed by atoms with Crippen molar-refractivity contribution in [3.05, 3.63) is 0 Å². The summed E-state index contributed by atoms with van der Waals surface area (Å²) in [4.78, 5) is 2.69. The van der Waals surface area contributed by atoms with E-state index >= 15 is 0 Å². The third-order valence-corrected chi connectivity index (χ3v) is 4.26. The highest BCUT2D eigenvalue weighted by Gasteiger charge is 2.41. The molecule has 2 fully saturated rings. The first-order chi connectivity index (χ1) is 7.32. The summed E-state index contributed by atoms with van der Waals surface area (Å²) >= 11 is 0. The van der Waals surface area contributed by atoms with Crippen LogP contribution in [0.4, 0.5) is 0 Å².